The number of benzene rings is 2. The average molecular weight is 373 g/mol. The largest absolute Gasteiger partial charge is 0.348 e. The van der Waals surface area contributed by atoms with Crippen molar-refractivity contribution in [3.63, 3.8) is 0 Å². The maximum atomic E-state index is 12.3. The van der Waals surface area contributed by atoms with Crippen LogP contribution >= 0.6 is 0 Å². The van der Waals surface area contributed by atoms with Crippen molar-refractivity contribution in [2.24, 2.45) is 5.14 Å². The van der Waals surface area contributed by atoms with E-state index in [0.29, 0.717) is 16.8 Å². The average Bonchev–Trinajstić information content (AvgIpc) is 2.64. The summed E-state index contributed by atoms with van der Waals surface area (Å²) in [7, 11) is -2.27. The van der Waals surface area contributed by atoms with E-state index in [2.05, 4.69) is 11.9 Å². The Labute approximate surface area is 152 Å². The van der Waals surface area contributed by atoms with Gasteiger partial charge in [0, 0.05) is 24.8 Å². The van der Waals surface area contributed by atoms with Crippen molar-refractivity contribution in [3.8, 4) is 0 Å². The normalized spacial score (nSPS) is 10.8. The molecule has 0 saturated heterocycles. The lowest BCUT2D eigenvalue weighted by Crippen LogP contribution is -2.25. The Hall–Kier alpha value is -2.97. The summed E-state index contributed by atoms with van der Waals surface area (Å²) in [5.41, 5.74) is 1.39. The van der Waals surface area contributed by atoms with Gasteiger partial charge < -0.3 is 10.2 Å². The smallest absolute Gasteiger partial charge is 0.251 e. The summed E-state index contributed by atoms with van der Waals surface area (Å²) >= 11 is 0. The van der Waals surface area contributed by atoms with Crippen LogP contribution in [0, 0.1) is 0 Å². The number of rotatable bonds is 6. The quantitative estimate of drug-likeness (QED) is 0.746. The highest BCUT2D eigenvalue weighted by atomic mass is 32.2. The number of nitrogens with one attached hydrogen (secondary N) is 1. The molecule has 0 heterocycles. The van der Waals surface area contributed by atoms with E-state index in [0.717, 1.165) is 0 Å². The molecule has 0 spiro atoms. The lowest BCUT2D eigenvalue weighted by molar-refractivity contribution is -0.113. The van der Waals surface area contributed by atoms with Gasteiger partial charge >= 0.3 is 0 Å². The number of carbonyl (C=O) groups excluding carboxylic acids is 2. The summed E-state index contributed by atoms with van der Waals surface area (Å²) in [5, 5.41) is 7.83. The number of carbonyl (C=O) groups is 2. The number of nitrogens with zero attached hydrogens (tertiary/aromatic N) is 1. The van der Waals surface area contributed by atoms with E-state index in [1.807, 2.05) is 0 Å². The van der Waals surface area contributed by atoms with Gasteiger partial charge in [0.25, 0.3) is 5.91 Å². The van der Waals surface area contributed by atoms with Crippen LogP contribution in [0.25, 0.3) is 0 Å². The number of hydrogen-bond acceptors (Lipinski definition) is 4. The van der Waals surface area contributed by atoms with E-state index < -0.39 is 10.0 Å². The molecule has 26 heavy (non-hydrogen) atoms. The van der Waals surface area contributed by atoms with Gasteiger partial charge in [-0.2, -0.15) is 0 Å². The van der Waals surface area contributed by atoms with E-state index in [9.17, 15) is 18.0 Å². The van der Waals surface area contributed by atoms with Crippen molar-refractivity contribution in [3.05, 3.63) is 72.3 Å². The number of likely N-dealkylation sites (N-methyl/N-ethyl adjacent to an activating group) is 1. The zero-order valence-corrected chi connectivity index (χ0v) is 15.0. The Balaban J connectivity index is 2.10. The molecule has 0 aliphatic carbocycles. The fourth-order valence-corrected chi connectivity index (χ4v) is 3.08. The number of nitrogens with two attached hydrogens (primary N) is 1. The van der Waals surface area contributed by atoms with Gasteiger partial charge in [-0.15, -0.1) is 0 Å². The minimum atomic E-state index is -3.87. The third kappa shape index (κ3) is 4.56. The molecule has 2 aromatic rings. The van der Waals surface area contributed by atoms with Gasteiger partial charge in [0.15, 0.2) is 0 Å². The lowest BCUT2D eigenvalue weighted by Gasteiger charge is -2.15. The van der Waals surface area contributed by atoms with Gasteiger partial charge in [-0.3, -0.25) is 9.59 Å². The molecular formula is C18H19N3O4S. The summed E-state index contributed by atoms with van der Waals surface area (Å²) in [5.74, 6) is -0.639. The first-order valence-corrected chi connectivity index (χ1v) is 9.17. The van der Waals surface area contributed by atoms with Crippen LogP contribution in [0.15, 0.2) is 66.1 Å². The molecule has 0 bridgehead atoms. The Morgan fingerprint density at radius 2 is 1.77 bits per heavy atom. The van der Waals surface area contributed by atoms with E-state index in [-0.39, 0.29) is 23.3 Å². The topological polar surface area (TPSA) is 110 Å². The Bertz CT molecular complexity index is 937. The van der Waals surface area contributed by atoms with Gasteiger partial charge in [-0.25, -0.2) is 13.6 Å². The second-order valence-corrected chi connectivity index (χ2v) is 7.01. The summed E-state index contributed by atoms with van der Waals surface area (Å²) in [6.45, 7) is 3.44. The summed E-state index contributed by atoms with van der Waals surface area (Å²) in [6, 6.07) is 12.6. The second kappa shape index (κ2) is 7.94. The van der Waals surface area contributed by atoms with Crippen LogP contribution < -0.4 is 15.4 Å². The predicted molar refractivity (Wildman–Crippen MR) is 99.0 cm³/mol. The number of anilines is 1. The molecule has 2 rings (SSSR count). The Morgan fingerprint density at radius 1 is 1.15 bits per heavy atom. The van der Waals surface area contributed by atoms with Crippen molar-refractivity contribution in [2.75, 3.05) is 11.9 Å². The van der Waals surface area contributed by atoms with Crippen molar-refractivity contribution < 1.29 is 18.0 Å². The van der Waals surface area contributed by atoms with E-state index in [4.69, 9.17) is 5.14 Å². The molecule has 0 radical (unpaired) electrons. The molecular weight excluding hydrogens is 354 g/mol. The highest BCUT2D eigenvalue weighted by molar-refractivity contribution is 7.89. The van der Waals surface area contributed by atoms with E-state index in [1.54, 1.807) is 49.5 Å². The van der Waals surface area contributed by atoms with Crippen LogP contribution in [0.4, 0.5) is 5.69 Å². The molecule has 136 valence electrons. The van der Waals surface area contributed by atoms with Crippen molar-refractivity contribution in [1.29, 1.82) is 0 Å². The molecule has 0 saturated carbocycles. The first kappa shape index (κ1) is 19.4. The molecule has 7 nitrogen and oxygen atoms in total. The Kier molecular flexibility index (Phi) is 5.91. The third-order valence-electron chi connectivity index (χ3n) is 3.74. The second-order valence-electron chi connectivity index (χ2n) is 5.48. The van der Waals surface area contributed by atoms with Gasteiger partial charge in [0.1, 0.15) is 0 Å². The van der Waals surface area contributed by atoms with Crippen LogP contribution in [0.5, 0.6) is 0 Å². The van der Waals surface area contributed by atoms with Crippen LogP contribution in [-0.2, 0) is 21.4 Å². The van der Waals surface area contributed by atoms with Crippen LogP contribution in [0.1, 0.15) is 15.9 Å². The predicted octanol–water partition coefficient (Wildman–Crippen LogP) is 1.41. The number of primary sulfonamides is 1. The van der Waals surface area contributed by atoms with Gasteiger partial charge in [-0.1, -0.05) is 24.8 Å². The minimum absolute atomic E-state index is 0.0159. The van der Waals surface area contributed by atoms with Gasteiger partial charge in [-0.05, 0) is 42.0 Å². The first-order valence-electron chi connectivity index (χ1n) is 7.63. The number of hydrogen-bond donors (Lipinski definition) is 2. The molecule has 2 aromatic carbocycles. The highest BCUT2D eigenvalue weighted by Gasteiger charge is 2.14. The number of sulfonamides is 1. The maximum Gasteiger partial charge on any atom is 0.251 e. The van der Waals surface area contributed by atoms with Crippen LogP contribution in [-0.4, -0.2) is 27.3 Å². The van der Waals surface area contributed by atoms with Crippen LogP contribution in [0.2, 0.25) is 0 Å². The fraction of sp³-hybridized carbons (Fsp3) is 0.111. The highest BCUT2D eigenvalue weighted by Crippen LogP contribution is 2.16. The minimum Gasteiger partial charge on any atom is -0.348 e. The standard InChI is InChI=1S/C18H19N3O4S/c1-3-17(22)21(2)15-10-8-13(9-11-15)18(23)20-12-14-6-4-5-7-16(14)26(19,24)25/h3-11H,1,12H2,2H3,(H,20,23)(H2,19,24,25). The monoisotopic (exact) mass is 373 g/mol. The maximum absolute atomic E-state index is 12.3. The SMILES string of the molecule is C=CC(=O)N(C)c1ccc(C(=O)NCc2ccccc2S(N)(=O)=O)cc1. The molecule has 0 aromatic heterocycles. The van der Waals surface area contributed by atoms with E-state index in [1.165, 1.54) is 17.0 Å². The molecule has 3 N–H and O–H groups in total. The summed E-state index contributed by atoms with van der Waals surface area (Å²) in [6.07, 6.45) is 1.20. The van der Waals surface area contributed by atoms with Crippen LogP contribution in [0.3, 0.4) is 0 Å². The van der Waals surface area contributed by atoms with Crippen molar-refractivity contribution in [2.45, 2.75) is 11.4 Å². The first-order chi connectivity index (χ1) is 12.2. The van der Waals surface area contributed by atoms with Gasteiger partial charge in [0.2, 0.25) is 15.9 Å². The summed E-state index contributed by atoms with van der Waals surface area (Å²) < 4.78 is 23.2. The van der Waals surface area contributed by atoms with E-state index >= 15 is 0 Å². The molecule has 0 unspecified atom stereocenters. The molecule has 0 aliphatic rings. The zero-order valence-electron chi connectivity index (χ0n) is 14.2. The molecule has 0 aliphatic heterocycles. The van der Waals surface area contributed by atoms with Crippen molar-refractivity contribution >= 4 is 27.5 Å². The molecule has 0 atom stereocenters. The molecule has 0 fully saturated rings. The molecule has 2 amide bonds. The molecule has 8 heteroatoms. The van der Waals surface area contributed by atoms with Gasteiger partial charge in [0.05, 0.1) is 4.90 Å². The fourth-order valence-electron chi connectivity index (χ4n) is 2.31. The zero-order chi connectivity index (χ0) is 19.3. The third-order valence-corrected chi connectivity index (χ3v) is 4.75. The lowest BCUT2D eigenvalue weighted by atomic mass is 10.1. The number of amides is 2. The van der Waals surface area contributed by atoms with Crippen molar-refractivity contribution in [1.82, 2.24) is 5.32 Å². The Morgan fingerprint density at radius 3 is 2.35 bits per heavy atom. The summed E-state index contributed by atoms with van der Waals surface area (Å²) in [4.78, 5) is 25.2.